The van der Waals surface area contributed by atoms with Gasteiger partial charge in [-0.1, -0.05) is 28.9 Å². The molecule has 0 radical (unpaired) electrons. The van der Waals surface area contributed by atoms with E-state index in [0.29, 0.717) is 16.6 Å². The molecular weight excluding hydrogens is 301 g/mol. The zero-order chi connectivity index (χ0) is 13.3. The van der Waals surface area contributed by atoms with Gasteiger partial charge in [-0.2, -0.15) is 0 Å². The molecule has 2 rings (SSSR count). The summed E-state index contributed by atoms with van der Waals surface area (Å²) in [5.41, 5.74) is 0.343. The van der Waals surface area contributed by atoms with E-state index in [1.165, 1.54) is 11.0 Å². The maximum Gasteiger partial charge on any atom is 0.323 e. The number of nitrogens with one attached hydrogen (secondary N) is 2. The van der Waals surface area contributed by atoms with Crippen LogP contribution in [0.1, 0.15) is 24.9 Å². The third kappa shape index (κ3) is 2.25. The quantitative estimate of drug-likeness (QED) is 0.885. The Bertz CT molecular complexity index is 506. The molecule has 1 fully saturated rings. The molecule has 1 aliphatic heterocycles. The van der Waals surface area contributed by atoms with Gasteiger partial charge in [-0.25, -0.2) is 9.18 Å². The highest BCUT2D eigenvalue weighted by Gasteiger charge is 2.37. The standard InChI is InChI=1S/C12H13BrFN3O/c1-2-5-17-10(11(15)16-12(17)18)8-4-3-7(13)6-9(8)14/h3-4,6,10H,2,5H2,1H3,(H2,15,16,18). The molecule has 0 aromatic heterocycles. The van der Waals surface area contributed by atoms with Gasteiger partial charge in [0, 0.05) is 16.6 Å². The maximum absolute atomic E-state index is 13.9. The Labute approximate surface area is 113 Å². The summed E-state index contributed by atoms with van der Waals surface area (Å²) >= 11 is 3.19. The van der Waals surface area contributed by atoms with Gasteiger partial charge in [0.1, 0.15) is 17.7 Å². The van der Waals surface area contributed by atoms with E-state index in [2.05, 4.69) is 21.2 Å². The molecule has 2 amide bonds. The average molecular weight is 314 g/mol. The first-order valence-corrected chi connectivity index (χ1v) is 6.45. The van der Waals surface area contributed by atoms with Crippen LogP contribution in [0.25, 0.3) is 0 Å². The van der Waals surface area contributed by atoms with Crippen LogP contribution in [0, 0.1) is 11.2 Å². The van der Waals surface area contributed by atoms with Crippen molar-refractivity contribution in [3.05, 3.63) is 34.1 Å². The van der Waals surface area contributed by atoms with Crippen molar-refractivity contribution in [2.24, 2.45) is 0 Å². The molecule has 1 aromatic rings. The third-order valence-electron chi connectivity index (χ3n) is 2.81. The van der Waals surface area contributed by atoms with Crippen LogP contribution in [0.15, 0.2) is 22.7 Å². The Morgan fingerprint density at radius 1 is 1.56 bits per heavy atom. The van der Waals surface area contributed by atoms with Crippen LogP contribution in [0.3, 0.4) is 0 Å². The lowest BCUT2D eigenvalue weighted by Crippen LogP contribution is -2.30. The molecule has 96 valence electrons. The minimum absolute atomic E-state index is 0.0228. The number of carbonyl (C=O) groups excluding carboxylic acids is 1. The van der Waals surface area contributed by atoms with Crippen molar-refractivity contribution in [1.82, 2.24) is 10.2 Å². The summed E-state index contributed by atoms with van der Waals surface area (Å²) in [5, 5.41) is 10.2. The fraction of sp³-hybridized carbons (Fsp3) is 0.333. The first kappa shape index (κ1) is 13.0. The lowest BCUT2D eigenvalue weighted by molar-refractivity contribution is 0.205. The van der Waals surface area contributed by atoms with Gasteiger partial charge in [0.25, 0.3) is 0 Å². The van der Waals surface area contributed by atoms with E-state index in [-0.39, 0.29) is 11.9 Å². The Morgan fingerprint density at radius 3 is 2.89 bits per heavy atom. The minimum atomic E-state index is -0.648. The van der Waals surface area contributed by atoms with E-state index in [0.717, 1.165) is 6.42 Å². The zero-order valence-corrected chi connectivity index (χ0v) is 11.4. The van der Waals surface area contributed by atoms with Gasteiger partial charge in [0.05, 0.1) is 0 Å². The van der Waals surface area contributed by atoms with E-state index < -0.39 is 11.9 Å². The van der Waals surface area contributed by atoms with Gasteiger partial charge in [-0.05, 0) is 18.6 Å². The van der Waals surface area contributed by atoms with Crippen LogP contribution in [0.2, 0.25) is 0 Å². The highest BCUT2D eigenvalue weighted by molar-refractivity contribution is 9.10. The molecule has 0 saturated carbocycles. The largest absolute Gasteiger partial charge is 0.323 e. The molecule has 1 aromatic carbocycles. The lowest BCUT2D eigenvalue weighted by atomic mass is 10.0. The third-order valence-corrected chi connectivity index (χ3v) is 3.30. The second-order valence-electron chi connectivity index (χ2n) is 4.11. The van der Waals surface area contributed by atoms with Gasteiger partial charge in [0.2, 0.25) is 0 Å². The van der Waals surface area contributed by atoms with E-state index in [1.807, 2.05) is 6.92 Å². The predicted molar refractivity (Wildman–Crippen MR) is 70.1 cm³/mol. The number of hydrogen-bond donors (Lipinski definition) is 2. The number of rotatable bonds is 3. The number of carbonyl (C=O) groups is 1. The smallest absolute Gasteiger partial charge is 0.310 e. The Hall–Kier alpha value is -1.43. The van der Waals surface area contributed by atoms with Crippen molar-refractivity contribution in [1.29, 1.82) is 5.41 Å². The van der Waals surface area contributed by atoms with Crippen LogP contribution in [-0.2, 0) is 0 Å². The van der Waals surface area contributed by atoms with E-state index in [1.54, 1.807) is 12.1 Å². The van der Waals surface area contributed by atoms with E-state index >= 15 is 0 Å². The van der Waals surface area contributed by atoms with Gasteiger partial charge in [0.15, 0.2) is 0 Å². The van der Waals surface area contributed by atoms with E-state index in [4.69, 9.17) is 5.41 Å². The molecule has 6 heteroatoms. The van der Waals surface area contributed by atoms with Gasteiger partial charge in [-0.15, -0.1) is 0 Å². The lowest BCUT2D eigenvalue weighted by Gasteiger charge is -2.22. The second-order valence-corrected chi connectivity index (χ2v) is 5.02. The number of halogens is 2. The topological polar surface area (TPSA) is 56.2 Å². The molecular formula is C12H13BrFN3O. The molecule has 4 nitrogen and oxygen atoms in total. The molecule has 0 aliphatic carbocycles. The van der Waals surface area contributed by atoms with Crippen molar-refractivity contribution in [3.8, 4) is 0 Å². The Kier molecular flexibility index (Phi) is 3.65. The van der Waals surface area contributed by atoms with Gasteiger partial charge < -0.3 is 4.90 Å². The molecule has 0 spiro atoms. The van der Waals surface area contributed by atoms with Crippen molar-refractivity contribution in [2.75, 3.05) is 6.54 Å². The van der Waals surface area contributed by atoms with Gasteiger partial charge >= 0.3 is 6.03 Å². The van der Waals surface area contributed by atoms with Crippen LogP contribution in [-0.4, -0.2) is 23.3 Å². The summed E-state index contributed by atoms with van der Waals surface area (Å²) in [4.78, 5) is 13.2. The highest BCUT2D eigenvalue weighted by atomic mass is 79.9. The fourth-order valence-electron chi connectivity index (χ4n) is 2.05. The SMILES string of the molecule is CCCN1C(=O)NC(=N)C1c1ccc(Br)cc1F. The molecule has 1 unspecified atom stereocenters. The summed E-state index contributed by atoms with van der Waals surface area (Å²) in [6, 6.07) is 3.66. The number of nitrogens with zero attached hydrogens (tertiary/aromatic N) is 1. The molecule has 1 heterocycles. The van der Waals surface area contributed by atoms with Crippen molar-refractivity contribution in [2.45, 2.75) is 19.4 Å². The summed E-state index contributed by atoms with van der Waals surface area (Å²) in [6.07, 6.45) is 0.759. The van der Waals surface area contributed by atoms with Crippen LogP contribution >= 0.6 is 15.9 Å². The molecule has 1 atom stereocenters. The monoisotopic (exact) mass is 313 g/mol. The van der Waals surface area contributed by atoms with Crippen molar-refractivity contribution < 1.29 is 9.18 Å². The predicted octanol–water partition coefficient (Wildman–Crippen LogP) is 3.04. The van der Waals surface area contributed by atoms with Crippen LogP contribution in [0.4, 0.5) is 9.18 Å². The van der Waals surface area contributed by atoms with Crippen LogP contribution < -0.4 is 5.32 Å². The average Bonchev–Trinajstić information content (AvgIpc) is 2.56. The Morgan fingerprint density at radius 2 is 2.28 bits per heavy atom. The molecule has 0 bridgehead atoms. The summed E-state index contributed by atoms with van der Waals surface area (Å²) < 4.78 is 14.6. The summed E-state index contributed by atoms with van der Waals surface area (Å²) in [7, 11) is 0. The maximum atomic E-state index is 13.9. The van der Waals surface area contributed by atoms with Crippen molar-refractivity contribution >= 4 is 27.8 Å². The molecule has 1 aliphatic rings. The molecule has 18 heavy (non-hydrogen) atoms. The number of benzene rings is 1. The molecule has 2 N–H and O–H groups in total. The fourth-order valence-corrected chi connectivity index (χ4v) is 2.38. The summed E-state index contributed by atoms with van der Waals surface area (Å²) in [6.45, 7) is 2.43. The minimum Gasteiger partial charge on any atom is -0.310 e. The van der Waals surface area contributed by atoms with Gasteiger partial charge in [-0.3, -0.25) is 10.7 Å². The first-order valence-electron chi connectivity index (χ1n) is 5.65. The highest BCUT2D eigenvalue weighted by Crippen LogP contribution is 2.29. The summed E-state index contributed by atoms with van der Waals surface area (Å²) in [5.74, 6) is -0.397. The zero-order valence-electron chi connectivity index (χ0n) is 9.84. The molecule has 1 saturated heterocycles. The number of amides is 2. The second kappa shape index (κ2) is 5.06. The normalized spacial score (nSPS) is 19.3. The van der Waals surface area contributed by atoms with Crippen molar-refractivity contribution in [3.63, 3.8) is 0 Å². The number of hydrogen-bond acceptors (Lipinski definition) is 2. The first-order chi connectivity index (χ1) is 8.54. The Balaban J connectivity index is 2.40. The number of amidine groups is 1. The number of urea groups is 1. The van der Waals surface area contributed by atoms with E-state index in [9.17, 15) is 9.18 Å². The van der Waals surface area contributed by atoms with Crippen LogP contribution in [0.5, 0.6) is 0 Å².